The number of hydrogen-bond acceptors (Lipinski definition) is 2. The molecular formula is C14H20FNO. The number of alkyl halides is 1. The molecule has 2 unspecified atom stereocenters. The van der Waals surface area contributed by atoms with Gasteiger partial charge in [0.1, 0.15) is 11.9 Å². The van der Waals surface area contributed by atoms with Crippen LogP contribution in [0.5, 0.6) is 5.75 Å². The summed E-state index contributed by atoms with van der Waals surface area (Å²) in [7, 11) is 0. The highest BCUT2D eigenvalue weighted by Gasteiger charge is 2.25. The third-order valence-corrected chi connectivity index (χ3v) is 3.12. The van der Waals surface area contributed by atoms with Crippen molar-refractivity contribution in [3.05, 3.63) is 29.8 Å². The minimum absolute atomic E-state index is 0.0163. The second-order valence-corrected chi connectivity index (χ2v) is 4.52. The zero-order valence-electron chi connectivity index (χ0n) is 10.3. The van der Waals surface area contributed by atoms with Crippen LogP contribution in [0.2, 0.25) is 0 Å². The topological polar surface area (TPSA) is 21.3 Å². The van der Waals surface area contributed by atoms with Crippen molar-refractivity contribution in [3.63, 3.8) is 0 Å². The van der Waals surface area contributed by atoms with Crippen LogP contribution in [0, 0.1) is 0 Å². The number of hydrogen-bond donors (Lipinski definition) is 1. The van der Waals surface area contributed by atoms with Gasteiger partial charge in [0.15, 0.2) is 0 Å². The number of halogens is 1. The van der Waals surface area contributed by atoms with E-state index < -0.39 is 6.17 Å². The second kappa shape index (κ2) is 6.01. The van der Waals surface area contributed by atoms with Gasteiger partial charge in [-0.3, -0.25) is 0 Å². The average molecular weight is 237 g/mol. The van der Waals surface area contributed by atoms with Crippen LogP contribution in [-0.2, 0) is 0 Å². The summed E-state index contributed by atoms with van der Waals surface area (Å²) < 4.78 is 19.6. The van der Waals surface area contributed by atoms with Crippen LogP contribution < -0.4 is 10.1 Å². The van der Waals surface area contributed by atoms with E-state index in [9.17, 15) is 4.39 Å². The molecular weight excluding hydrogens is 217 g/mol. The summed E-state index contributed by atoms with van der Waals surface area (Å²) in [6.07, 6.45) is 2.08. The van der Waals surface area contributed by atoms with E-state index in [-0.39, 0.29) is 6.04 Å². The van der Waals surface area contributed by atoms with Gasteiger partial charge in [-0.25, -0.2) is 4.39 Å². The predicted octanol–water partition coefficient (Wildman–Crippen LogP) is 3.24. The molecule has 0 radical (unpaired) electrons. The quantitative estimate of drug-likeness (QED) is 0.849. The first kappa shape index (κ1) is 12.4. The Bertz CT molecular complexity index is 333. The summed E-state index contributed by atoms with van der Waals surface area (Å²) in [6, 6.07) is 7.35. The largest absolute Gasteiger partial charge is 0.494 e. The van der Waals surface area contributed by atoms with E-state index >= 15 is 0 Å². The van der Waals surface area contributed by atoms with E-state index in [1.165, 1.54) is 0 Å². The van der Waals surface area contributed by atoms with Gasteiger partial charge in [0.05, 0.1) is 6.61 Å². The first-order chi connectivity index (χ1) is 8.31. The number of benzene rings is 1. The molecule has 2 rings (SSSR count). The van der Waals surface area contributed by atoms with Crippen LogP contribution in [0.3, 0.4) is 0 Å². The molecule has 17 heavy (non-hydrogen) atoms. The first-order valence-corrected chi connectivity index (χ1v) is 6.41. The lowest BCUT2D eigenvalue weighted by Gasteiger charge is -2.16. The van der Waals surface area contributed by atoms with E-state index in [0.29, 0.717) is 6.61 Å². The summed E-state index contributed by atoms with van der Waals surface area (Å²) >= 11 is 0. The Morgan fingerprint density at radius 3 is 2.76 bits per heavy atom. The molecule has 0 aliphatic carbocycles. The van der Waals surface area contributed by atoms with Gasteiger partial charge in [-0.1, -0.05) is 19.1 Å². The summed E-state index contributed by atoms with van der Waals surface area (Å²) in [5, 5.41) is 3.20. The lowest BCUT2D eigenvalue weighted by molar-refractivity contribution is 0.270. The first-order valence-electron chi connectivity index (χ1n) is 6.41. The predicted molar refractivity (Wildman–Crippen MR) is 67.1 cm³/mol. The van der Waals surface area contributed by atoms with Crippen molar-refractivity contribution < 1.29 is 9.13 Å². The van der Waals surface area contributed by atoms with Crippen molar-refractivity contribution in [1.29, 1.82) is 0 Å². The van der Waals surface area contributed by atoms with Crippen LogP contribution in [0.4, 0.5) is 4.39 Å². The molecule has 1 aliphatic rings. The maximum Gasteiger partial charge on any atom is 0.140 e. The molecule has 1 saturated heterocycles. The third-order valence-electron chi connectivity index (χ3n) is 3.12. The van der Waals surface area contributed by atoms with Crippen LogP contribution in [-0.4, -0.2) is 19.2 Å². The Balaban J connectivity index is 1.96. The second-order valence-electron chi connectivity index (χ2n) is 4.52. The van der Waals surface area contributed by atoms with Crippen LogP contribution in [0.25, 0.3) is 0 Å². The Hall–Kier alpha value is -1.09. The minimum Gasteiger partial charge on any atom is -0.494 e. The Morgan fingerprint density at radius 1 is 1.41 bits per heavy atom. The van der Waals surface area contributed by atoms with Gasteiger partial charge in [0, 0.05) is 6.04 Å². The normalized spacial score (nSPS) is 21.4. The standard InChI is InChI=1S/C14H20FNO/c1-2-10-17-12-7-5-11(6-8-12)14(15)13-4-3-9-16-13/h5-8,13-14,16H,2-4,9-10H2,1H3. The Labute approximate surface area is 102 Å². The van der Waals surface area contributed by atoms with Gasteiger partial charge in [0.2, 0.25) is 0 Å². The van der Waals surface area contributed by atoms with Gasteiger partial charge in [-0.2, -0.15) is 0 Å². The highest BCUT2D eigenvalue weighted by molar-refractivity contribution is 5.29. The van der Waals surface area contributed by atoms with Crippen LogP contribution >= 0.6 is 0 Å². The summed E-state index contributed by atoms with van der Waals surface area (Å²) in [4.78, 5) is 0. The van der Waals surface area contributed by atoms with E-state index in [0.717, 1.165) is 37.1 Å². The number of rotatable bonds is 5. The highest BCUT2D eigenvalue weighted by Crippen LogP contribution is 2.27. The lowest BCUT2D eigenvalue weighted by Crippen LogP contribution is -2.26. The fraction of sp³-hybridized carbons (Fsp3) is 0.571. The SMILES string of the molecule is CCCOc1ccc(C(F)C2CCCN2)cc1. The van der Waals surface area contributed by atoms with Gasteiger partial charge in [-0.05, 0) is 43.5 Å². The van der Waals surface area contributed by atoms with Crippen LogP contribution in [0.15, 0.2) is 24.3 Å². The molecule has 1 fully saturated rings. The molecule has 1 heterocycles. The Kier molecular flexibility index (Phi) is 4.37. The van der Waals surface area contributed by atoms with Gasteiger partial charge in [0.25, 0.3) is 0 Å². The van der Waals surface area contributed by atoms with Crippen molar-refractivity contribution in [2.75, 3.05) is 13.2 Å². The van der Waals surface area contributed by atoms with Crippen molar-refractivity contribution in [1.82, 2.24) is 5.32 Å². The summed E-state index contributed by atoms with van der Waals surface area (Å²) in [5.74, 6) is 0.821. The molecule has 94 valence electrons. The van der Waals surface area contributed by atoms with Gasteiger partial charge in [-0.15, -0.1) is 0 Å². The van der Waals surface area contributed by atoms with E-state index in [1.54, 1.807) is 0 Å². The van der Waals surface area contributed by atoms with Gasteiger partial charge < -0.3 is 10.1 Å². The fourth-order valence-corrected chi connectivity index (χ4v) is 2.16. The molecule has 0 aromatic heterocycles. The molecule has 1 aliphatic heterocycles. The molecule has 0 bridgehead atoms. The molecule has 1 aromatic rings. The molecule has 2 nitrogen and oxygen atoms in total. The zero-order chi connectivity index (χ0) is 12.1. The average Bonchev–Trinajstić information content (AvgIpc) is 2.90. The maximum absolute atomic E-state index is 14.1. The van der Waals surface area contributed by atoms with Crippen molar-refractivity contribution >= 4 is 0 Å². The van der Waals surface area contributed by atoms with Crippen LogP contribution in [0.1, 0.15) is 37.9 Å². The van der Waals surface area contributed by atoms with Gasteiger partial charge >= 0.3 is 0 Å². The number of nitrogens with one attached hydrogen (secondary N) is 1. The monoisotopic (exact) mass is 237 g/mol. The lowest BCUT2D eigenvalue weighted by atomic mass is 10.0. The third kappa shape index (κ3) is 3.19. The maximum atomic E-state index is 14.1. The van der Waals surface area contributed by atoms with E-state index in [4.69, 9.17) is 4.74 Å². The molecule has 1 aromatic carbocycles. The smallest absolute Gasteiger partial charge is 0.140 e. The molecule has 2 atom stereocenters. The van der Waals surface area contributed by atoms with E-state index in [2.05, 4.69) is 12.2 Å². The molecule has 0 amide bonds. The summed E-state index contributed by atoms with van der Waals surface area (Å²) in [5.41, 5.74) is 0.744. The zero-order valence-corrected chi connectivity index (χ0v) is 10.3. The summed E-state index contributed by atoms with van der Waals surface area (Å²) in [6.45, 7) is 3.71. The molecule has 3 heteroatoms. The molecule has 0 spiro atoms. The van der Waals surface area contributed by atoms with E-state index in [1.807, 2.05) is 24.3 Å². The highest BCUT2D eigenvalue weighted by atomic mass is 19.1. The fourth-order valence-electron chi connectivity index (χ4n) is 2.16. The molecule has 1 N–H and O–H groups in total. The molecule has 0 saturated carbocycles. The van der Waals surface area contributed by atoms with Crippen molar-refractivity contribution in [3.8, 4) is 5.75 Å². The van der Waals surface area contributed by atoms with Crippen molar-refractivity contribution in [2.45, 2.75) is 38.4 Å². The van der Waals surface area contributed by atoms with Crippen molar-refractivity contribution in [2.24, 2.45) is 0 Å². The minimum atomic E-state index is -0.905. The number of ether oxygens (including phenoxy) is 1. The Morgan fingerprint density at radius 2 is 2.18 bits per heavy atom.